The molecule has 78 valence electrons. The quantitative estimate of drug-likeness (QED) is 0.730. The van der Waals surface area contributed by atoms with Gasteiger partial charge in [-0.3, -0.25) is 4.98 Å². The lowest BCUT2D eigenvalue weighted by Crippen LogP contribution is -2.21. The number of nitrogens with one attached hydrogen (secondary N) is 1. The molecule has 0 aliphatic rings. The molecule has 0 saturated heterocycles. The van der Waals surface area contributed by atoms with Gasteiger partial charge in [-0.05, 0) is 24.3 Å². The van der Waals surface area contributed by atoms with Crippen LogP contribution in [0.5, 0.6) is 0 Å². The Kier molecular flexibility index (Phi) is 5.64. The molecule has 1 aromatic rings. The zero-order valence-electron chi connectivity index (χ0n) is 8.86. The molecule has 0 bridgehead atoms. The van der Waals surface area contributed by atoms with E-state index in [2.05, 4.69) is 30.2 Å². The minimum absolute atomic E-state index is 0.404. The van der Waals surface area contributed by atoms with Gasteiger partial charge in [-0.2, -0.15) is 11.8 Å². The highest BCUT2D eigenvalue weighted by molar-refractivity contribution is 7.99. The number of thioether (sulfide) groups is 1. The molecule has 1 atom stereocenters. The fourth-order valence-electron chi connectivity index (χ4n) is 1.24. The number of hydrogen-bond acceptors (Lipinski definition) is 3. The van der Waals surface area contributed by atoms with Gasteiger partial charge in [-0.25, -0.2) is 0 Å². The Morgan fingerprint density at radius 3 is 3.07 bits per heavy atom. The van der Waals surface area contributed by atoms with Crippen molar-refractivity contribution in [2.24, 2.45) is 0 Å². The second-order valence-electron chi connectivity index (χ2n) is 3.16. The van der Waals surface area contributed by atoms with Crippen molar-refractivity contribution in [3.63, 3.8) is 0 Å². The molecule has 0 saturated carbocycles. The molecule has 0 aliphatic heterocycles. The number of rotatable bonds is 6. The van der Waals surface area contributed by atoms with Crippen molar-refractivity contribution in [3.8, 4) is 0 Å². The first-order valence-electron chi connectivity index (χ1n) is 5.05. The fraction of sp³-hybridized carbons (Fsp3) is 0.545. The molecule has 3 heteroatoms. The number of aromatic nitrogens is 1. The van der Waals surface area contributed by atoms with E-state index < -0.39 is 0 Å². The van der Waals surface area contributed by atoms with E-state index in [0.29, 0.717) is 6.04 Å². The third-order valence-electron chi connectivity index (χ3n) is 2.09. The average molecular weight is 210 g/mol. The van der Waals surface area contributed by atoms with E-state index in [-0.39, 0.29) is 0 Å². The van der Waals surface area contributed by atoms with E-state index in [0.717, 1.165) is 6.54 Å². The monoisotopic (exact) mass is 210 g/mol. The molecule has 0 fully saturated rings. The molecule has 1 heterocycles. The summed E-state index contributed by atoms with van der Waals surface area (Å²) in [6.45, 7) is 5.43. The molecule has 0 spiro atoms. The van der Waals surface area contributed by atoms with Gasteiger partial charge in [-0.15, -0.1) is 0 Å². The predicted molar refractivity (Wildman–Crippen MR) is 63.7 cm³/mol. The summed E-state index contributed by atoms with van der Waals surface area (Å²) in [5.74, 6) is 2.38. The van der Waals surface area contributed by atoms with Crippen LogP contribution in [-0.2, 0) is 0 Å². The van der Waals surface area contributed by atoms with Gasteiger partial charge in [0.2, 0.25) is 0 Å². The lowest BCUT2D eigenvalue weighted by Gasteiger charge is -2.13. The fourth-order valence-corrected chi connectivity index (χ4v) is 1.79. The van der Waals surface area contributed by atoms with Gasteiger partial charge in [0.05, 0.1) is 0 Å². The summed E-state index contributed by atoms with van der Waals surface area (Å²) in [6, 6.07) is 4.49. The molecular formula is C11H18N2S. The first kappa shape index (κ1) is 11.5. The minimum atomic E-state index is 0.404. The zero-order valence-corrected chi connectivity index (χ0v) is 9.68. The van der Waals surface area contributed by atoms with E-state index in [1.165, 1.54) is 17.1 Å². The smallest absolute Gasteiger partial charge is 0.0315 e. The van der Waals surface area contributed by atoms with Gasteiger partial charge >= 0.3 is 0 Å². The Morgan fingerprint density at radius 2 is 2.43 bits per heavy atom. The van der Waals surface area contributed by atoms with Gasteiger partial charge in [0, 0.05) is 30.7 Å². The summed E-state index contributed by atoms with van der Waals surface area (Å²) in [5.41, 5.74) is 1.26. The Balaban J connectivity index is 2.25. The summed E-state index contributed by atoms with van der Waals surface area (Å²) in [4.78, 5) is 4.10. The van der Waals surface area contributed by atoms with Crippen LogP contribution in [0.1, 0.15) is 25.5 Å². The van der Waals surface area contributed by atoms with Gasteiger partial charge in [0.1, 0.15) is 0 Å². The van der Waals surface area contributed by atoms with Crippen LogP contribution in [0.2, 0.25) is 0 Å². The summed E-state index contributed by atoms with van der Waals surface area (Å²) in [5, 5.41) is 3.47. The second-order valence-corrected chi connectivity index (χ2v) is 4.55. The second kappa shape index (κ2) is 6.85. The number of pyridine rings is 1. The third-order valence-corrected chi connectivity index (χ3v) is 2.99. The minimum Gasteiger partial charge on any atom is -0.309 e. The van der Waals surface area contributed by atoms with E-state index in [1.54, 1.807) is 0 Å². The molecule has 1 rings (SSSR count). The van der Waals surface area contributed by atoms with Crippen LogP contribution >= 0.6 is 11.8 Å². The van der Waals surface area contributed by atoms with Crippen molar-refractivity contribution in [2.75, 3.05) is 18.1 Å². The van der Waals surface area contributed by atoms with Gasteiger partial charge in [0.15, 0.2) is 0 Å². The van der Waals surface area contributed by atoms with Gasteiger partial charge < -0.3 is 5.32 Å². The van der Waals surface area contributed by atoms with Crippen LogP contribution in [0.25, 0.3) is 0 Å². The first-order valence-corrected chi connectivity index (χ1v) is 6.21. The number of nitrogens with zero attached hydrogens (tertiary/aromatic N) is 1. The molecule has 14 heavy (non-hydrogen) atoms. The molecule has 1 aromatic heterocycles. The highest BCUT2D eigenvalue weighted by atomic mass is 32.2. The van der Waals surface area contributed by atoms with Gasteiger partial charge in [-0.1, -0.05) is 13.0 Å². The lowest BCUT2D eigenvalue weighted by atomic mass is 10.1. The maximum atomic E-state index is 4.10. The topological polar surface area (TPSA) is 24.9 Å². The first-order chi connectivity index (χ1) is 6.84. The van der Waals surface area contributed by atoms with Crippen molar-refractivity contribution in [1.82, 2.24) is 10.3 Å². The van der Waals surface area contributed by atoms with Crippen molar-refractivity contribution in [2.45, 2.75) is 19.9 Å². The molecular weight excluding hydrogens is 192 g/mol. The van der Waals surface area contributed by atoms with Crippen LogP contribution in [0.4, 0.5) is 0 Å². The molecule has 1 unspecified atom stereocenters. The van der Waals surface area contributed by atoms with Crippen LogP contribution in [0.15, 0.2) is 24.5 Å². The van der Waals surface area contributed by atoms with E-state index in [1.807, 2.05) is 30.2 Å². The highest BCUT2D eigenvalue weighted by Crippen LogP contribution is 2.09. The van der Waals surface area contributed by atoms with Crippen LogP contribution in [-0.4, -0.2) is 23.0 Å². The zero-order chi connectivity index (χ0) is 10.2. The number of hydrogen-bond donors (Lipinski definition) is 1. The van der Waals surface area contributed by atoms with Crippen molar-refractivity contribution < 1.29 is 0 Å². The standard InChI is InChI=1S/C11H18N2S/c1-3-14-8-7-13-10(2)11-5-4-6-12-9-11/h4-6,9-10,13H,3,7-8H2,1-2H3. The van der Waals surface area contributed by atoms with E-state index in [9.17, 15) is 0 Å². The Bertz CT molecular complexity index is 238. The maximum Gasteiger partial charge on any atom is 0.0315 e. The Morgan fingerprint density at radius 1 is 1.57 bits per heavy atom. The van der Waals surface area contributed by atoms with Crippen LogP contribution in [0.3, 0.4) is 0 Å². The summed E-state index contributed by atoms with van der Waals surface area (Å²) >= 11 is 1.97. The molecule has 0 amide bonds. The van der Waals surface area contributed by atoms with E-state index in [4.69, 9.17) is 0 Å². The molecule has 1 N–H and O–H groups in total. The van der Waals surface area contributed by atoms with Crippen molar-refractivity contribution in [3.05, 3.63) is 30.1 Å². The summed E-state index contributed by atoms with van der Waals surface area (Å²) in [7, 11) is 0. The molecule has 0 radical (unpaired) electrons. The van der Waals surface area contributed by atoms with Gasteiger partial charge in [0.25, 0.3) is 0 Å². The largest absolute Gasteiger partial charge is 0.309 e. The third kappa shape index (κ3) is 4.11. The van der Waals surface area contributed by atoms with Crippen molar-refractivity contribution >= 4 is 11.8 Å². The summed E-state index contributed by atoms with van der Waals surface area (Å²) < 4.78 is 0. The highest BCUT2D eigenvalue weighted by Gasteiger charge is 2.02. The SMILES string of the molecule is CCSCCNC(C)c1cccnc1. The normalized spacial score (nSPS) is 12.7. The molecule has 2 nitrogen and oxygen atoms in total. The van der Waals surface area contributed by atoms with E-state index >= 15 is 0 Å². The van der Waals surface area contributed by atoms with Crippen LogP contribution < -0.4 is 5.32 Å². The lowest BCUT2D eigenvalue weighted by molar-refractivity contribution is 0.599. The average Bonchev–Trinajstić information content (AvgIpc) is 2.25. The predicted octanol–water partition coefficient (Wildman–Crippen LogP) is 2.49. The molecule has 0 aromatic carbocycles. The Labute approximate surface area is 90.5 Å². The van der Waals surface area contributed by atoms with Crippen molar-refractivity contribution in [1.29, 1.82) is 0 Å². The summed E-state index contributed by atoms with van der Waals surface area (Å²) in [6.07, 6.45) is 3.73. The van der Waals surface area contributed by atoms with Crippen LogP contribution in [0, 0.1) is 0 Å². The maximum absolute atomic E-state index is 4.10. The molecule has 0 aliphatic carbocycles. The Hall–Kier alpha value is -0.540.